The number of methoxy groups -OCH3 is 1. The highest BCUT2D eigenvalue weighted by Gasteiger charge is 2.27. The Morgan fingerprint density at radius 2 is 1.47 bits per heavy atom. The maximum atomic E-state index is 13.6. The van der Waals surface area contributed by atoms with Gasteiger partial charge in [-0.1, -0.05) is 47.5 Å². The summed E-state index contributed by atoms with van der Waals surface area (Å²) in [5.41, 5.74) is 1.99. The minimum atomic E-state index is -4.08. The lowest BCUT2D eigenvalue weighted by Gasteiger charge is -2.24. The Hall–Kier alpha value is -3.17. The van der Waals surface area contributed by atoms with Crippen molar-refractivity contribution in [3.63, 3.8) is 0 Å². The second-order valence-electron chi connectivity index (χ2n) is 8.12. The van der Waals surface area contributed by atoms with Gasteiger partial charge in [0.2, 0.25) is 5.91 Å². The fourth-order valence-corrected chi connectivity index (χ4v) is 6.19. The number of hydrogen-bond acceptors (Lipinski definition) is 5. The number of para-hydroxylation sites is 1. The van der Waals surface area contributed by atoms with E-state index in [1.54, 1.807) is 54.2 Å². The SMILES string of the molecule is COc1ccc(S(=O)(=O)N(CC(=O)Nc2ccccc2SCc2ccc(Cl)cc2)c2ccc(Cl)cc2)cc1. The maximum Gasteiger partial charge on any atom is 0.264 e. The molecule has 0 fully saturated rings. The standard InChI is InChI=1S/C28H24Cl2N2O4S2/c1-36-24-14-16-25(17-15-24)38(34,35)32(23-12-10-22(30)11-13-23)18-28(33)31-26-4-2-3-5-27(26)37-19-20-6-8-21(29)9-7-20/h2-17H,18-19H2,1H3,(H,31,33). The zero-order valence-corrected chi connectivity index (χ0v) is 23.4. The number of nitrogens with one attached hydrogen (secondary N) is 1. The smallest absolute Gasteiger partial charge is 0.264 e. The number of nitrogens with zero attached hydrogens (tertiary/aromatic N) is 1. The van der Waals surface area contributed by atoms with Gasteiger partial charge in [0.1, 0.15) is 12.3 Å². The van der Waals surface area contributed by atoms with Gasteiger partial charge < -0.3 is 10.1 Å². The molecule has 0 spiro atoms. The lowest BCUT2D eigenvalue weighted by atomic mass is 10.2. The fraction of sp³-hybridized carbons (Fsp3) is 0.107. The summed E-state index contributed by atoms with van der Waals surface area (Å²) in [5, 5.41) is 3.99. The number of hydrogen-bond donors (Lipinski definition) is 1. The van der Waals surface area contributed by atoms with Crippen LogP contribution in [0.25, 0.3) is 0 Å². The molecule has 0 bridgehead atoms. The third-order valence-corrected chi connectivity index (χ3v) is 8.95. The predicted molar refractivity (Wildman–Crippen MR) is 155 cm³/mol. The van der Waals surface area contributed by atoms with E-state index in [2.05, 4.69) is 5.32 Å². The van der Waals surface area contributed by atoms with Gasteiger partial charge in [0.05, 0.1) is 23.4 Å². The molecule has 4 aromatic carbocycles. The average molecular weight is 588 g/mol. The summed E-state index contributed by atoms with van der Waals surface area (Å²) in [6, 6.07) is 27.2. The Labute approximate surface area is 236 Å². The molecule has 0 aliphatic rings. The molecule has 1 N–H and O–H groups in total. The molecule has 4 aromatic rings. The minimum absolute atomic E-state index is 0.0278. The number of anilines is 2. The lowest BCUT2D eigenvalue weighted by molar-refractivity contribution is -0.114. The second-order valence-corrected chi connectivity index (χ2v) is 11.9. The zero-order valence-electron chi connectivity index (χ0n) is 20.3. The predicted octanol–water partition coefficient (Wildman–Crippen LogP) is 7.13. The Balaban J connectivity index is 1.56. The van der Waals surface area contributed by atoms with Gasteiger partial charge in [-0.25, -0.2) is 8.42 Å². The Bertz CT molecular complexity index is 1500. The second kappa shape index (κ2) is 12.6. The first-order valence-corrected chi connectivity index (χ1v) is 14.6. The number of benzene rings is 4. The number of rotatable bonds is 10. The van der Waals surface area contributed by atoms with Crippen LogP contribution in [-0.4, -0.2) is 28.0 Å². The van der Waals surface area contributed by atoms with Crippen molar-refractivity contribution in [1.29, 1.82) is 0 Å². The number of carbonyl (C=O) groups excluding carboxylic acids is 1. The molecule has 4 rings (SSSR count). The van der Waals surface area contributed by atoms with Crippen LogP contribution in [0.15, 0.2) is 107 Å². The molecule has 0 heterocycles. The van der Waals surface area contributed by atoms with Crippen LogP contribution in [0.4, 0.5) is 11.4 Å². The number of ether oxygens (including phenoxy) is 1. The minimum Gasteiger partial charge on any atom is -0.497 e. The van der Waals surface area contributed by atoms with Crippen LogP contribution in [-0.2, 0) is 20.6 Å². The molecule has 6 nitrogen and oxygen atoms in total. The Morgan fingerprint density at radius 3 is 2.11 bits per heavy atom. The summed E-state index contributed by atoms with van der Waals surface area (Å²) in [7, 11) is -2.58. The van der Waals surface area contributed by atoms with Gasteiger partial charge in [0.15, 0.2) is 0 Å². The fourth-order valence-electron chi connectivity index (χ4n) is 3.55. The van der Waals surface area contributed by atoms with E-state index in [9.17, 15) is 13.2 Å². The van der Waals surface area contributed by atoms with Crippen molar-refractivity contribution in [3.8, 4) is 5.75 Å². The molecule has 0 aliphatic heterocycles. The first kappa shape index (κ1) is 27.9. The van der Waals surface area contributed by atoms with Crippen molar-refractivity contribution in [2.75, 3.05) is 23.3 Å². The molecule has 0 saturated heterocycles. The van der Waals surface area contributed by atoms with Gasteiger partial charge in [-0.2, -0.15) is 0 Å². The molecule has 0 aliphatic carbocycles. The average Bonchev–Trinajstić information content (AvgIpc) is 2.92. The van der Waals surface area contributed by atoms with Crippen LogP contribution in [0, 0.1) is 0 Å². The highest BCUT2D eigenvalue weighted by Crippen LogP contribution is 2.31. The van der Waals surface area contributed by atoms with E-state index in [4.69, 9.17) is 27.9 Å². The van der Waals surface area contributed by atoms with Gasteiger partial charge in [-0.3, -0.25) is 9.10 Å². The first-order chi connectivity index (χ1) is 18.3. The highest BCUT2D eigenvalue weighted by molar-refractivity contribution is 7.98. The normalized spacial score (nSPS) is 11.1. The highest BCUT2D eigenvalue weighted by atomic mass is 35.5. The lowest BCUT2D eigenvalue weighted by Crippen LogP contribution is -2.38. The van der Waals surface area contributed by atoms with Crippen LogP contribution < -0.4 is 14.4 Å². The van der Waals surface area contributed by atoms with E-state index in [1.807, 2.05) is 42.5 Å². The maximum absolute atomic E-state index is 13.6. The van der Waals surface area contributed by atoms with Crippen LogP contribution >= 0.6 is 35.0 Å². The Kier molecular flexibility index (Phi) is 9.22. The molecule has 10 heteroatoms. The van der Waals surface area contributed by atoms with Gasteiger partial charge in [0, 0.05) is 20.7 Å². The summed E-state index contributed by atoms with van der Waals surface area (Å²) < 4.78 is 33.4. The van der Waals surface area contributed by atoms with Crippen molar-refractivity contribution in [1.82, 2.24) is 0 Å². The summed E-state index contributed by atoms with van der Waals surface area (Å²) in [4.78, 5) is 14.1. The third-order valence-electron chi connectivity index (χ3n) is 5.52. The van der Waals surface area contributed by atoms with Crippen LogP contribution in [0.1, 0.15) is 5.56 Å². The molecular weight excluding hydrogens is 563 g/mol. The van der Waals surface area contributed by atoms with E-state index >= 15 is 0 Å². The summed E-state index contributed by atoms with van der Waals surface area (Å²) in [5.74, 6) is 0.705. The zero-order chi connectivity index (χ0) is 27.1. The van der Waals surface area contributed by atoms with Crippen molar-refractivity contribution in [2.45, 2.75) is 15.5 Å². The summed E-state index contributed by atoms with van der Waals surface area (Å²) in [6.07, 6.45) is 0. The molecule has 0 saturated carbocycles. The number of sulfonamides is 1. The number of halogens is 2. The van der Waals surface area contributed by atoms with E-state index in [1.165, 1.54) is 19.2 Å². The monoisotopic (exact) mass is 586 g/mol. The molecule has 0 aromatic heterocycles. The van der Waals surface area contributed by atoms with Gasteiger partial charge in [-0.15, -0.1) is 11.8 Å². The molecule has 38 heavy (non-hydrogen) atoms. The molecule has 0 atom stereocenters. The molecule has 196 valence electrons. The summed E-state index contributed by atoms with van der Waals surface area (Å²) >= 11 is 13.6. The van der Waals surface area contributed by atoms with Crippen LogP contribution in [0.3, 0.4) is 0 Å². The van der Waals surface area contributed by atoms with Crippen LogP contribution in [0.2, 0.25) is 10.0 Å². The number of amides is 1. The van der Waals surface area contributed by atoms with Crippen molar-refractivity contribution >= 4 is 62.3 Å². The Morgan fingerprint density at radius 1 is 0.868 bits per heavy atom. The van der Waals surface area contributed by atoms with Crippen molar-refractivity contribution in [2.24, 2.45) is 0 Å². The molecule has 1 amide bonds. The van der Waals surface area contributed by atoms with Gasteiger partial charge in [-0.05, 0) is 78.4 Å². The van der Waals surface area contributed by atoms with E-state index in [-0.39, 0.29) is 4.90 Å². The third kappa shape index (κ3) is 7.02. The van der Waals surface area contributed by atoms with E-state index in [0.717, 1.165) is 14.8 Å². The van der Waals surface area contributed by atoms with Gasteiger partial charge >= 0.3 is 0 Å². The summed E-state index contributed by atoms with van der Waals surface area (Å²) in [6.45, 7) is -0.438. The van der Waals surface area contributed by atoms with Crippen LogP contribution in [0.5, 0.6) is 5.75 Å². The van der Waals surface area contributed by atoms with E-state index < -0.39 is 22.5 Å². The molecule has 0 unspecified atom stereocenters. The topological polar surface area (TPSA) is 75.7 Å². The van der Waals surface area contributed by atoms with Crippen molar-refractivity contribution < 1.29 is 17.9 Å². The van der Waals surface area contributed by atoms with Crippen molar-refractivity contribution in [3.05, 3.63) is 113 Å². The quantitative estimate of drug-likeness (QED) is 0.200. The largest absolute Gasteiger partial charge is 0.497 e. The number of carbonyl (C=O) groups is 1. The van der Waals surface area contributed by atoms with Gasteiger partial charge in [0.25, 0.3) is 10.0 Å². The number of thioether (sulfide) groups is 1. The van der Waals surface area contributed by atoms with E-state index in [0.29, 0.717) is 32.9 Å². The molecule has 0 radical (unpaired) electrons. The molecular formula is C28H24Cl2N2O4S2. The first-order valence-electron chi connectivity index (χ1n) is 11.4.